The maximum absolute atomic E-state index is 13.9. The molecule has 0 aromatic heterocycles. The van der Waals surface area contributed by atoms with Crippen molar-refractivity contribution in [3.05, 3.63) is 71.0 Å². The number of nitrogens with zero attached hydrogens (tertiary/aromatic N) is 2. The molecule has 0 radical (unpaired) electrons. The molecule has 2 aliphatic heterocycles. The smallest absolute Gasteiger partial charge is 0.218 e. The summed E-state index contributed by atoms with van der Waals surface area (Å²) in [4.78, 5) is 2.35. The van der Waals surface area contributed by atoms with Gasteiger partial charge in [0.25, 0.3) is 0 Å². The van der Waals surface area contributed by atoms with Crippen molar-refractivity contribution in [3.8, 4) is 0 Å². The molecule has 2 heterocycles. The van der Waals surface area contributed by atoms with Crippen molar-refractivity contribution in [2.24, 2.45) is 11.8 Å². The molecule has 6 heteroatoms. The van der Waals surface area contributed by atoms with Gasteiger partial charge in [0.2, 0.25) is 10.0 Å². The minimum atomic E-state index is -3.54. The normalized spacial score (nSPS) is 26.4. The molecule has 4 rings (SSSR count). The number of likely N-dealkylation sites (tertiary alicyclic amines) is 1. The molecule has 2 aromatic carbocycles. The first-order chi connectivity index (χ1) is 12.9. The van der Waals surface area contributed by atoms with Crippen molar-refractivity contribution in [1.29, 1.82) is 0 Å². The molecule has 0 N–H and O–H groups in total. The van der Waals surface area contributed by atoms with E-state index in [1.807, 2.05) is 12.1 Å². The number of sulfonamides is 1. The van der Waals surface area contributed by atoms with E-state index in [0.717, 1.165) is 6.54 Å². The summed E-state index contributed by atoms with van der Waals surface area (Å²) >= 11 is 0. The monoisotopic (exact) mass is 388 g/mol. The molecule has 4 nitrogen and oxygen atoms in total. The van der Waals surface area contributed by atoms with Crippen LogP contribution in [0.1, 0.15) is 22.7 Å². The fourth-order valence-corrected chi connectivity index (χ4v) is 6.36. The Balaban J connectivity index is 1.56. The average Bonchev–Trinajstić information content (AvgIpc) is 3.15. The summed E-state index contributed by atoms with van der Waals surface area (Å²) in [5.74, 6) is -0.149. The van der Waals surface area contributed by atoms with Gasteiger partial charge >= 0.3 is 0 Å². The molecule has 0 saturated carbocycles. The predicted molar refractivity (Wildman–Crippen MR) is 104 cm³/mol. The zero-order chi connectivity index (χ0) is 19.2. The Morgan fingerprint density at radius 2 is 1.74 bits per heavy atom. The van der Waals surface area contributed by atoms with Gasteiger partial charge in [0, 0.05) is 31.2 Å². The number of hydrogen-bond acceptors (Lipinski definition) is 3. The van der Waals surface area contributed by atoms with Gasteiger partial charge in [-0.2, -0.15) is 0 Å². The second-order valence-electron chi connectivity index (χ2n) is 7.83. The van der Waals surface area contributed by atoms with E-state index in [1.165, 1.54) is 17.2 Å². The molecule has 3 atom stereocenters. The highest BCUT2D eigenvalue weighted by Crippen LogP contribution is 2.45. The summed E-state index contributed by atoms with van der Waals surface area (Å²) in [5, 5.41) is 0. The van der Waals surface area contributed by atoms with Crippen LogP contribution in [-0.2, 0) is 15.8 Å². The van der Waals surface area contributed by atoms with E-state index in [-0.39, 0.29) is 23.3 Å². The van der Waals surface area contributed by atoms with E-state index < -0.39 is 15.8 Å². The van der Waals surface area contributed by atoms with Gasteiger partial charge in [-0.15, -0.1) is 0 Å². The minimum absolute atomic E-state index is 0.227. The standard InChI is InChI=1S/C21H25FN2O2S/c1-15-7-3-5-9-18(15)21-19-13-24(12-17(19)11-23(21)2)27(25,26)14-16-8-4-6-10-20(16)22/h3-10,17,19,21H,11-14H2,1-2H3/t17-,19+,21-/m0/s1. The molecule has 27 heavy (non-hydrogen) atoms. The highest BCUT2D eigenvalue weighted by molar-refractivity contribution is 7.88. The molecule has 0 bridgehead atoms. The highest BCUT2D eigenvalue weighted by atomic mass is 32.2. The zero-order valence-electron chi connectivity index (χ0n) is 15.7. The van der Waals surface area contributed by atoms with Crippen LogP contribution in [0.25, 0.3) is 0 Å². The third-order valence-corrected chi connectivity index (χ3v) is 7.82. The molecular weight excluding hydrogens is 363 g/mol. The number of hydrogen-bond donors (Lipinski definition) is 0. The lowest BCUT2D eigenvalue weighted by Crippen LogP contribution is -2.34. The number of rotatable bonds is 4. The summed E-state index contributed by atoms with van der Waals surface area (Å²) in [6.45, 7) is 4.02. The Hall–Kier alpha value is -1.76. The summed E-state index contributed by atoms with van der Waals surface area (Å²) < 4.78 is 41.3. The molecule has 0 unspecified atom stereocenters. The summed E-state index contributed by atoms with van der Waals surface area (Å²) in [5.41, 5.74) is 2.76. The van der Waals surface area contributed by atoms with E-state index in [1.54, 1.807) is 22.5 Å². The molecule has 2 saturated heterocycles. The summed E-state index contributed by atoms with van der Waals surface area (Å²) in [6, 6.07) is 14.7. The topological polar surface area (TPSA) is 40.6 Å². The Labute approximate surface area is 160 Å². The maximum Gasteiger partial charge on any atom is 0.218 e. The lowest BCUT2D eigenvalue weighted by Gasteiger charge is -2.28. The molecule has 2 fully saturated rings. The van der Waals surface area contributed by atoms with Gasteiger partial charge in [-0.25, -0.2) is 17.1 Å². The van der Waals surface area contributed by atoms with Crippen LogP contribution >= 0.6 is 0 Å². The Morgan fingerprint density at radius 1 is 1.04 bits per heavy atom. The number of benzene rings is 2. The van der Waals surface area contributed by atoms with Gasteiger partial charge in [0.05, 0.1) is 5.75 Å². The molecule has 2 aliphatic rings. The van der Waals surface area contributed by atoms with E-state index in [0.29, 0.717) is 19.0 Å². The zero-order valence-corrected chi connectivity index (χ0v) is 16.5. The van der Waals surface area contributed by atoms with Crippen LogP contribution in [0.4, 0.5) is 4.39 Å². The Morgan fingerprint density at radius 3 is 2.48 bits per heavy atom. The van der Waals surface area contributed by atoms with E-state index in [2.05, 4.69) is 31.0 Å². The lowest BCUT2D eigenvalue weighted by molar-refractivity contribution is 0.260. The van der Waals surface area contributed by atoms with Gasteiger partial charge in [-0.1, -0.05) is 42.5 Å². The Bertz CT molecular complexity index is 947. The highest BCUT2D eigenvalue weighted by Gasteiger charge is 2.49. The molecule has 0 amide bonds. The van der Waals surface area contributed by atoms with Crippen molar-refractivity contribution in [3.63, 3.8) is 0 Å². The SMILES string of the molecule is Cc1ccccc1[C@H]1[C@@H]2CN(S(=O)(=O)Cc3ccccc3F)C[C@@H]2CN1C. The quantitative estimate of drug-likeness (QED) is 0.808. The van der Waals surface area contributed by atoms with Crippen LogP contribution in [0.3, 0.4) is 0 Å². The molecule has 0 spiro atoms. The van der Waals surface area contributed by atoms with E-state index >= 15 is 0 Å². The van der Waals surface area contributed by atoms with E-state index in [4.69, 9.17) is 0 Å². The van der Waals surface area contributed by atoms with Gasteiger partial charge in [0.15, 0.2) is 0 Å². The maximum atomic E-state index is 13.9. The summed E-state index contributed by atoms with van der Waals surface area (Å²) in [6.07, 6.45) is 0. The van der Waals surface area contributed by atoms with Crippen LogP contribution in [0, 0.1) is 24.6 Å². The van der Waals surface area contributed by atoms with E-state index in [9.17, 15) is 12.8 Å². The molecule has 144 valence electrons. The van der Waals surface area contributed by atoms with Crippen LogP contribution in [-0.4, -0.2) is 44.3 Å². The molecule has 0 aliphatic carbocycles. The second-order valence-corrected chi connectivity index (χ2v) is 9.80. The first-order valence-electron chi connectivity index (χ1n) is 9.34. The number of halogens is 1. The van der Waals surface area contributed by atoms with Crippen molar-refractivity contribution >= 4 is 10.0 Å². The number of fused-ring (bicyclic) bond motifs is 1. The van der Waals surface area contributed by atoms with Crippen LogP contribution in [0.15, 0.2) is 48.5 Å². The fourth-order valence-electron chi connectivity index (χ4n) is 4.73. The van der Waals surface area contributed by atoms with Gasteiger partial charge in [0.1, 0.15) is 5.82 Å². The van der Waals surface area contributed by atoms with Crippen LogP contribution < -0.4 is 0 Å². The van der Waals surface area contributed by atoms with Gasteiger partial charge in [-0.3, -0.25) is 4.90 Å². The van der Waals surface area contributed by atoms with Gasteiger partial charge < -0.3 is 0 Å². The van der Waals surface area contributed by atoms with Gasteiger partial charge in [-0.05, 0) is 43.0 Å². The number of aryl methyl sites for hydroxylation is 1. The molecular formula is C21H25FN2O2S. The second kappa shape index (κ2) is 7.00. The van der Waals surface area contributed by atoms with Crippen molar-refractivity contribution in [1.82, 2.24) is 9.21 Å². The third-order valence-electron chi connectivity index (χ3n) is 6.06. The largest absolute Gasteiger partial charge is 0.299 e. The Kier molecular flexibility index (Phi) is 4.82. The minimum Gasteiger partial charge on any atom is -0.299 e. The van der Waals surface area contributed by atoms with Crippen molar-refractivity contribution < 1.29 is 12.8 Å². The average molecular weight is 389 g/mol. The van der Waals surface area contributed by atoms with Crippen molar-refractivity contribution in [2.45, 2.75) is 18.7 Å². The first-order valence-corrected chi connectivity index (χ1v) is 10.9. The predicted octanol–water partition coefficient (Wildman–Crippen LogP) is 3.20. The van der Waals surface area contributed by atoms with Crippen LogP contribution in [0.2, 0.25) is 0 Å². The van der Waals surface area contributed by atoms with Crippen molar-refractivity contribution in [2.75, 3.05) is 26.7 Å². The lowest BCUT2D eigenvalue weighted by atomic mass is 9.88. The van der Waals surface area contributed by atoms with Crippen LogP contribution in [0.5, 0.6) is 0 Å². The third kappa shape index (κ3) is 3.42. The summed E-state index contributed by atoms with van der Waals surface area (Å²) in [7, 11) is -1.42. The fraction of sp³-hybridized carbons (Fsp3) is 0.429. The first kappa shape index (κ1) is 18.6. The molecule has 2 aromatic rings.